The minimum atomic E-state index is -3.62. The maximum absolute atomic E-state index is 10.9. The molecule has 0 radical (unpaired) electrons. The Bertz CT molecular complexity index is 190. The molecule has 6 heteroatoms. The highest BCUT2D eigenvalue weighted by atomic mass is 32.2. The van der Waals surface area contributed by atoms with E-state index in [9.17, 15) is 8.42 Å². The predicted molar refractivity (Wildman–Crippen MR) is 42.2 cm³/mol. The van der Waals surface area contributed by atoms with Gasteiger partial charge in [0.15, 0.2) is 0 Å². The van der Waals surface area contributed by atoms with Crippen LogP contribution in [0.2, 0.25) is 0 Å². The van der Waals surface area contributed by atoms with Crippen molar-refractivity contribution in [3.63, 3.8) is 0 Å². The van der Waals surface area contributed by atoms with E-state index in [0.29, 0.717) is 6.42 Å². The molecule has 1 atom stereocenters. The molecule has 0 saturated heterocycles. The van der Waals surface area contributed by atoms with Gasteiger partial charge in [-0.1, -0.05) is 6.92 Å². The van der Waals surface area contributed by atoms with E-state index in [1.807, 2.05) is 6.92 Å². The summed E-state index contributed by atoms with van der Waals surface area (Å²) in [4.78, 5) is 0. The van der Waals surface area contributed by atoms with Crippen LogP contribution in [0, 0.1) is 0 Å². The number of nitrogens with two attached hydrogens (primary N) is 2. The van der Waals surface area contributed by atoms with Crippen molar-refractivity contribution in [2.75, 3.05) is 13.2 Å². The Hall–Kier alpha value is -0.170. The van der Waals surface area contributed by atoms with Gasteiger partial charge >= 0.3 is 0 Å². The van der Waals surface area contributed by atoms with Crippen molar-refractivity contribution < 1.29 is 12.6 Å². The molecule has 0 amide bonds. The molecule has 0 bridgehead atoms. The molecule has 0 aliphatic carbocycles. The summed E-state index contributed by atoms with van der Waals surface area (Å²) in [7, 11) is -3.62. The molecule has 0 rings (SSSR count). The fourth-order valence-corrected chi connectivity index (χ4v) is 1.21. The van der Waals surface area contributed by atoms with E-state index in [0.717, 1.165) is 0 Å². The lowest BCUT2D eigenvalue weighted by Gasteiger charge is -2.09. The number of hydrogen-bond donors (Lipinski definition) is 2. The summed E-state index contributed by atoms with van der Waals surface area (Å²) in [6, 6.07) is 0. The Labute approximate surface area is 66.8 Å². The van der Waals surface area contributed by atoms with Crippen LogP contribution in [-0.2, 0) is 14.3 Å². The van der Waals surface area contributed by atoms with Crippen LogP contribution in [0.25, 0.3) is 0 Å². The zero-order valence-corrected chi connectivity index (χ0v) is 7.30. The van der Waals surface area contributed by atoms with Crippen LogP contribution >= 0.6 is 0 Å². The van der Waals surface area contributed by atoms with Gasteiger partial charge in [0.05, 0.1) is 6.61 Å². The topological polar surface area (TPSA) is 95.4 Å². The van der Waals surface area contributed by atoms with Crippen molar-refractivity contribution in [2.24, 2.45) is 11.5 Å². The first-order chi connectivity index (χ1) is 5.04. The minimum Gasteiger partial charge on any atom is -0.328 e. The summed E-state index contributed by atoms with van der Waals surface area (Å²) in [5, 5.41) is -1.10. The van der Waals surface area contributed by atoms with E-state index in [4.69, 9.17) is 11.5 Å². The zero-order valence-electron chi connectivity index (χ0n) is 6.49. The number of hydrogen-bond acceptors (Lipinski definition) is 5. The Balaban J connectivity index is 4.01. The SMILES string of the molecule is CCCOS(=O)(=O)C(N)CN. The normalized spacial score (nSPS) is 14.8. The first-order valence-electron chi connectivity index (χ1n) is 3.38. The van der Waals surface area contributed by atoms with Gasteiger partial charge in [0, 0.05) is 6.54 Å². The fraction of sp³-hybridized carbons (Fsp3) is 1.00. The average Bonchev–Trinajstić information content (AvgIpc) is 1.99. The third-order valence-corrected chi connectivity index (χ3v) is 2.48. The maximum Gasteiger partial charge on any atom is 0.284 e. The van der Waals surface area contributed by atoms with Crippen molar-refractivity contribution in [2.45, 2.75) is 18.7 Å². The van der Waals surface area contributed by atoms with Crippen molar-refractivity contribution in [3.05, 3.63) is 0 Å². The summed E-state index contributed by atoms with van der Waals surface area (Å²) in [5.74, 6) is 0. The molecule has 1 unspecified atom stereocenters. The molecule has 4 N–H and O–H groups in total. The van der Waals surface area contributed by atoms with Crippen LogP contribution in [-0.4, -0.2) is 26.9 Å². The van der Waals surface area contributed by atoms with Crippen molar-refractivity contribution in [3.8, 4) is 0 Å². The second kappa shape index (κ2) is 4.66. The van der Waals surface area contributed by atoms with E-state index in [2.05, 4.69) is 4.18 Å². The summed E-state index contributed by atoms with van der Waals surface area (Å²) >= 11 is 0. The Morgan fingerprint density at radius 3 is 2.45 bits per heavy atom. The first kappa shape index (κ1) is 10.8. The van der Waals surface area contributed by atoms with Crippen molar-refractivity contribution in [1.82, 2.24) is 0 Å². The van der Waals surface area contributed by atoms with Gasteiger partial charge in [-0.25, -0.2) is 0 Å². The first-order valence-corrected chi connectivity index (χ1v) is 4.85. The average molecular weight is 182 g/mol. The summed E-state index contributed by atoms with van der Waals surface area (Å²) in [6.45, 7) is 1.85. The van der Waals surface area contributed by atoms with Crippen LogP contribution in [0.4, 0.5) is 0 Å². The van der Waals surface area contributed by atoms with Gasteiger partial charge in [0.1, 0.15) is 5.37 Å². The molecule has 0 fully saturated rings. The molecular formula is C5H14N2O3S. The minimum absolute atomic E-state index is 0.119. The van der Waals surface area contributed by atoms with Crippen LogP contribution in [0.1, 0.15) is 13.3 Å². The lowest BCUT2D eigenvalue weighted by atomic mass is 10.5. The lowest BCUT2D eigenvalue weighted by Crippen LogP contribution is -2.38. The van der Waals surface area contributed by atoms with Gasteiger partial charge in [-0.2, -0.15) is 8.42 Å². The van der Waals surface area contributed by atoms with Gasteiger partial charge in [0.25, 0.3) is 10.1 Å². The molecular weight excluding hydrogens is 168 g/mol. The van der Waals surface area contributed by atoms with Crippen molar-refractivity contribution >= 4 is 10.1 Å². The molecule has 11 heavy (non-hydrogen) atoms. The van der Waals surface area contributed by atoms with Crippen LogP contribution < -0.4 is 11.5 Å². The van der Waals surface area contributed by atoms with Crippen LogP contribution in [0.3, 0.4) is 0 Å². The molecule has 0 heterocycles. The van der Waals surface area contributed by atoms with Gasteiger partial charge in [-0.05, 0) is 6.42 Å². The summed E-state index contributed by atoms with van der Waals surface area (Å²) in [6.07, 6.45) is 0.635. The van der Waals surface area contributed by atoms with Gasteiger partial charge < -0.3 is 11.5 Å². The fourth-order valence-electron chi connectivity index (χ4n) is 0.405. The predicted octanol–water partition coefficient (Wildman–Crippen LogP) is -1.01. The smallest absolute Gasteiger partial charge is 0.284 e. The standard InChI is InChI=1S/C5H14N2O3S/c1-2-3-10-11(8,9)5(7)4-6/h5H,2-4,6-7H2,1H3. The van der Waals surface area contributed by atoms with Gasteiger partial charge in [-0.15, -0.1) is 0 Å². The van der Waals surface area contributed by atoms with E-state index < -0.39 is 15.5 Å². The highest BCUT2D eigenvalue weighted by Gasteiger charge is 2.19. The zero-order chi connectivity index (χ0) is 8.91. The molecule has 0 saturated carbocycles. The van der Waals surface area contributed by atoms with E-state index in [-0.39, 0.29) is 13.2 Å². The molecule has 68 valence electrons. The highest BCUT2D eigenvalue weighted by Crippen LogP contribution is 1.97. The van der Waals surface area contributed by atoms with Crippen LogP contribution in [0.5, 0.6) is 0 Å². The second-order valence-corrected chi connectivity index (χ2v) is 3.92. The maximum atomic E-state index is 10.9. The molecule has 0 aromatic heterocycles. The molecule has 0 aliphatic rings. The third kappa shape index (κ3) is 3.66. The Kier molecular flexibility index (Phi) is 4.58. The third-order valence-electron chi connectivity index (χ3n) is 1.05. The lowest BCUT2D eigenvalue weighted by molar-refractivity contribution is 0.312. The molecule has 0 spiro atoms. The monoisotopic (exact) mass is 182 g/mol. The Morgan fingerprint density at radius 2 is 2.09 bits per heavy atom. The van der Waals surface area contributed by atoms with Gasteiger partial charge in [-0.3, -0.25) is 4.18 Å². The Morgan fingerprint density at radius 1 is 1.55 bits per heavy atom. The summed E-state index contributed by atoms with van der Waals surface area (Å²) < 4.78 is 26.3. The molecule has 0 aromatic rings. The van der Waals surface area contributed by atoms with E-state index in [1.165, 1.54) is 0 Å². The molecule has 0 aliphatic heterocycles. The van der Waals surface area contributed by atoms with E-state index >= 15 is 0 Å². The van der Waals surface area contributed by atoms with Crippen molar-refractivity contribution in [1.29, 1.82) is 0 Å². The molecule has 0 aromatic carbocycles. The van der Waals surface area contributed by atoms with Crippen LogP contribution in [0.15, 0.2) is 0 Å². The highest BCUT2D eigenvalue weighted by molar-refractivity contribution is 7.87. The van der Waals surface area contributed by atoms with E-state index in [1.54, 1.807) is 0 Å². The summed E-state index contributed by atoms with van der Waals surface area (Å²) in [5.41, 5.74) is 10.2. The number of rotatable bonds is 5. The quantitative estimate of drug-likeness (QED) is 0.531. The second-order valence-electron chi connectivity index (χ2n) is 2.09. The largest absolute Gasteiger partial charge is 0.328 e. The molecule has 5 nitrogen and oxygen atoms in total. The van der Waals surface area contributed by atoms with Gasteiger partial charge in [0.2, 0.25) is 0 Å².